The second kappa shape index (κ2) is 5.97. The van der Waals surface area contributed by atoms with Crippen molar-refractivity contribution in [3.63, 3.8) is 0 Å². The topological polar surface area (TPSA) is 50.9 Å². The highest BCUT2D eigenvalue weighted by atomic mass is 16.3. The number of hydrogen-bond acceptors (Lipinski definition) is 3. The normalized spacial score (nSPS) is 14.3. The van der Waals surface area contributed by atoms with E-state index in [1.807, 2.05) is 29.8 Å². The fourth-order valence-corrected chi connectivity index (χ4v) is 2.41. The number of nitrogens with zero attached hydrogens (tertiary/aromatic N) is 3. The standard InChI is InChI=1S/C15H21N3O/c1-4-11(2)14(12-8-6-5-7-9-12)15-17-16-13(10-19)18(15)3/h5-9,11,14,19H,4,10H2,1-3H3. The van der Waals surface area contributed by atoms with Gasteiger partial charge in [-0.15, -0.1) is 10.2 Å². The molecular weight excluding hydrogens is 238 g/mol. The molecule has 19 heavy (non-hydrogen) atoms. The van der Waals surface area contributed by atoms with Crippen molar-refractivity contribution in [2.45, 2.75) is 32.8 Å². The fraction of sp³-hybridized carbons (Fsp3) is 0.467. The quantitative estimate of drug-likeness (QED) is 0.897. The van der Waals surface area contributed by atoms with E-state index < -0.39 is 0 Å². The van der Waals surface area contributed by atoms with Crippen LogP contribution in [0, 0.1) is 5.92 Å². The Morgan fingerprint density at radius 2 is 1.89 bits per heavy atom. The smallest absolute Gasteiger partial charge is 0.158 e. The number of aliphatic hydroxyl groups is 1. The lowest BCUT2D eigenvalue weighted by molar-refractivity contribution is 0.266. The predicted octanol–water partition coefficient (Wildman–Crippen LogP) is 2.49. The van der Waals surface area contributed by atoms with E-state index in [0.29, 0.717) is 11.7 Å². The molecule has 2 rings (SSSR count). The van der Waals surface area contributed by atoms with Gasteiger partial charge in [-0.25, -0.2) is 0 Å². The minimum Gasteiger partial charge on any atom is -0.388 e. The molecule has 0 bridgehead atoms. The van der Waals surface area contributed by atoms with Gasteiger partial charge in [0, 0.05) is 13.0 Å². The zero-order valence-corrected chi connectivity index (χ0v) is 11.7. The Balaban J connectivity index is 2.46. The molecule has 1 aromatic carbocycles. The van der Waals surface area contributed by atoms with Crippen LogP contribution in [0.3, 0.4) is 0 Å². The summed E-state index contributed by atoms with van der Waals surface area (Å²) >= 11 is 0. The van der Waals surface area contributed by atoms with E-state index in [4.69, 9.17) is 0 Å². The summed E-state index contributed by atoms with van der Waals surface area (Å²) in [5, 5.41) is 17.6. The summed E-state index contributed by atoms with van der Waals surface area (Å²) in [5.41, 5.74) is 1.25. The van der Waals surface area contributed by atoms with E-state index in [0.717, 1.165) is 12.2 Å². The number of hydrogen-bond donors (Lipinski definition) is 1. The molecule has 1 heterocycles. The minimum atomic E-state index is -0.0779. The second-order valence-corrected chi connectivity index (χ2v) is 4.97. The molecule has 0 spiro atoms. The minimum absolute atomic E-state index is 0.0779. The molecule has 2 aromatic rings. The Kier molecular flexibility index (Phi) is 4.32. The van der Waals surface area contributed by atoms with Crippen LogP contribution in [0.25, 0.3) is 0 Å². The van der Waals surface area contributed by atoms with Crippen molar-refractivity contribution < 1.29 is 5.11 Å². The Labute approximate surface area is 114 Å². The molecule has 0 aliphatic heterocycles. The highest BCUT2D eigenvalue weighted by molar-refractivity contribution is 5.26. The van der Waals surface area contributed by atoms with Gasteiger partial charge < -0.3 is 9.67 Å². The molecule has 2 unspecified atom stereocenters. The van der Waals surface area contributed by atoms with Gasteiger partial charge >= 0.3 is 0 Å². The summed E-state index contributed by atoms with van der Waals surface area (Å²) in [4.78, 5) is 0. The van der Waals surface area contributed by atoms with Gasteiger partial charge in [-0.1, -0.05) is 50.6 Å². The van der Waals surface area contributed by atoms with Gasteiger partial charge in [0.2, 0.25) is 0 Å². The Hall–Kier alpha value is -1.68. The van der Waals surface area contributed by atoms with Crippen LogP contribution in [0.2, 0.25) is 0 Å². The summed E-state index contributed by atoms with van der Waals surface area (Å²) in [7, 11) is 1.92. The summed E-state index contributed by atoms with van der Waals surface area (Å²) in [6, 6.07) is 10.4. The molecular formula is C15H21N3O. The third-order valence-electron chi connectivity index (χ3n) is 3.79. The van der Waals surface area contributed by atoms with Crippen molar-refractivity contribution in [2.24, 2.45) is 13.0 Å². The molecule has 0 fully saturated rings. The third kappa shape index (κ3) is 2.68. The molecule has 4 nitrogen and oxygen atoms in total. The van der Waals surface area contributed by atoms with E-state index in [1.54, 1.807) is 0 Å². The lowest BCUT2D eigenvalue weighted by atomic mass is 9.85. The number of benzene rings is 1. The first-order valence-corrected chi connectivity index (χ1v) is 6.73. The average Bonchev–Trinajstić information content (AvgIpc) is 2.81. The first-order chi connectivity index (χ1) is 9.19. The number of aromatic nitrogens is 3. The van der Waals surface area contributed by atoms with E-state index in [-0.39, 0.29) is 12.5 Å². The monoisotopic (exact) mass is 259 g/mol. The molecule has 0 saturated carbocycles. The molecule has 0 saturated heterocycles. The Morgan fingerprint density at radius 1 is 1.21 bits per heavy atom. The van der Waals surface area contributed by atoms with Crippen LogP contribution < -0.4 is 0 Å². The van der Waals surface area contributed by atoms with E-state index >= 15 is 0 Å². The van der Waals surface area contributed by atoms with Gasteiger partial charge in [0.25, 0.3) is 0 Å². The van der Waals surface area contributed by atoms with Crippen molar-refractivity contribution in [3.05, 3.63) is 47.5 Å². The highest BCUT2D eigenvalue weighted by Crippen LogP contribution is 2.32. The maximum atomic E-state index is 9.26. The van der Waals surface area contributed by atoms with Crippen LogP contribution in [0.1, 0.15) is 43.4 Å². The maximum absolute atomic E-state index is 9.26. The average molecular weight is 259 g/mol. The predicted molar refractivity (Wildman–Crippen MR) is 74.7 cm³/mol. The van der Waals surface area contributed by atoms with Crippen molar-refractivity contribution in [2.75, 3.05) is 0 Å². The van der Waals surface area contributed by atoms with Crippen LogP contribution in [0.15, 0.2) is 30.3 Å². The molecule has 4 heteroatoms. The van der Waals surface area contributed by atoms with Gasteiger partial charge in [-0.05, 0) is 11.5 Å². The SMILES string of the molecule is CCC(C)C(c1ccccc1)c1nnc(CO)n1C. The number of aliphatic hydroxyl groups excluding tert-OH is 1. The molecule has 0 amide bonds. The van der Waals surface area contributed by atoms with Gasteiger partial charge in [0.05, 0.1) is 0 Å². The Morgan fingerprint density at radius 3 is 2.42 bits per heavy atom. The molecule has 1 aromatic heterocycles. The van der Waals surface area contributed by atoms with Crippen molar-refractivity contribution in [1.29, 1.82) is 0 Å². The molecule has 102 valence electrons. The second-order valence-electron chi connectivity index (χ2n) is 4.97. The lowest BCUT2D eigenvalue weighted by Gasteiger charge is -2.22. The van der Waals surface area contributed by atoms with Gasteiger partial charge in [-0.2, -0.15) is 0 Å². The summed E-state index contributed by atoms with van der Waals surface area (Å²) in [5.74, 6) is 2.21. The summed E-state index contributed by atoms with van der Waals surface area (Å²) in [6.45, 7) is 4.33. The molecule has 1 N–H and O–H groups in total. The van der Waals surface area contributed by atoms with Crippen molar-refractivity contribution in [3.8, 4) is 0 Å². The first kappa shape index (κ1) is 13.7. The maximum Gasteiger partial charge on any atom is 0.158 e. The molecule has 0 aliphatic rings. The van der Waals surface area contributed by atoms with Gasteiger partial charge in [-0.3, -0.25) is 0 Å². The zero-order valence-electron chi connectivity index (χ0n) is 11.7. The van der Waals surface area contributed by atoms with Crippen LogP contribution in [0.4, 0.5) is 0 Å². The fourth-order valence-electron chi connectivity index (χ4n) is 2.41. The molecule has 2 atom stereocenters. The van der Waals surface area contributed by atoms with E-state index in [1.165, 1.54) is 5.56 Å². The van der Waals surface area contributed by atoms with Crippen LogP contribution in [-0.4, -0.2) is 19.9 Å². The van der Waals surface area contributed by atoms with Crippen LogP contribution in [0.5, 0.6) is 0 Å². The number of rotatable bonds is 5. The van der Waals surface area contributed by atoms with E-state index in [9.17, 15) is 5.11 Å². The summed E-state index contributed by atoms with van der Waals surface area (Å²) in [6.07, 6.45) is 1.07. The van der Waals surface area contributed by atoms with E-state index in [2.05, 4.69) is 36.2 Å². The molecule has 0 radical (unpaired) electrons. The van der Waals surface area contributed by atoms with Gasteiger partial charge in [0.15, 0.2) is 5.82 Å². The van der Waals surface area contributed by atoms with Crippen LogP contribution in [-0.2, 0) is 13.7 Å². The highest BCUT2D eigenvalue weighted by Gasteiger charge is 2.25. The zero-order chi connectivity index (χ0) is 13.8. The Bertz CT molecular complexity index is 521. The van der Waals surface area contributed by atoms with Crippen LogP contribution >= 0.6 is 0 Å². The van der Waals surface area contributed by atoms with Crippen molar-refractivity contribution in [1.82, 2.24) is 14.8 Å². The summed E-state index contributed by atoms with van der Waals surface area (Å²) < 4.78 is 1.91. The lowest BCUT2D eigenvalue weighted by Crippen LogP contribution is -2.16. The van der Waals surface area contributed by atoms with Gasteiger partial charge in [0.1, 0.15) is 12.4 Å². The first-order valence-electron chi connectivity index (χ1n) is 6.73. The van der Waals surface area contributed by atoms with Crippen molar-refractivity contribution >= 4 is 0 Å². The molecule has 0 aliphatic carbocycles. The largest absolute Gasteiger partial charge is 0.388 e. The third-order valence-corrected chi connectivity index (χ3v) is 3.79.